The lowest BCUT2D eigenvalue weighted by Crippen LogP contribution is -2.08. The van der Waals surface area contributed by atoms with Gasteiger partial charge in [0.05, 0.1) is 11.9 Å². The normalized spacial score (nSPS) is 10.6. The van der Waals surface area contributed by atoms with Crippen LogP contribution in [0.3, 0.4) is 0 Å². The topological polar surface area (TPSA) is 81.7 Å². The largest absolute Gasteiger partial charge is 0.384 e. The van der Waals surface area contributed by atoms with Crippen LogP contribution in [0.4, 0.5) is 16.0 Å². The van der Waals surface area contributed by atoms with Crippen LogP contribution in [0, 0.1) is 5.82 Å². The molecule has 0 aliphatic carbocycles. The van der Waals surface area contributed by atoms with Crippen molar-refractivity contribution in [3.05, 3.63) is 29.6 Å². The molecule has 0 bridgehead atoms. The molecule has 2 aromatic rings. The molecule has 0 fully saturated rings. The van der Waals surface area contributed by atoms with Gasteiger partial charge in [0, 0.05) is 19.2 Å². The van der Waals surface area contributed by atoms with Gasteiger partial charge in [-0.05, 0) is 6.42 Å². The van der Waals surface area contributed by atoms with E-state index in [0.29, 0.717) is 24.5 Å². The maximum absolute atomic E-state index is 13.8. The molecule has 0 radical (unpaired) electrons. The second kappa shape index (κ2) is 4.99. The van der Waals surface area contributed by atoms with E-state index in [1.54, 1.807) is 17.9 Å². The number of aryl methyl sites for hydroxylation is 2. The highest BCUT2D eigenvalue weighted by Crippen LogP contribution is 2.16. The Morgan fingerprint density at radius 1 is 1.44 bits per heavy atom. The third-order valence-electron chi connectivity index (χ3n) is 2.71. The molecule has 0 unspecified atom stereocenters. The maximum Gasteiger partial charge on any atom is 0.186 e. The number of aromatic nitrogens is 4. The molecular formula is C11H15FN6. The highest BCUT2D eigenvalue weighted by molar-refractivity contribution is 5.43. The van der Waals surface area contributed by atoms with Crippen molar-refractivity contribution >= 4 is 11.6 Å². The minimum Gasteiger partial charge on any atom is -0.384 e. The first-order valence-electron chi connectivity index (χ1n) is 5.63. The van der Waals surface area contributed by atoms with Gasteiger partial charge in [-0.25, -0.2) is 14.4 Å². The molecule has 0 spiro atoms. The van der Waals surface area contributed by atoms with E-state index in [2.05, 4.69) is 20.4 Å². The van der Waals surface area contributed by atoms with Crippen LogP contribution in [0.2, 0.25) is 0 Å². The summed E-state index contributed by atoms with van der Waals surface area (Å²) in [7, 11) is 1.75. The van der Waals surface area contributed by atoms with Crippen molar-refractivity contribution in [1.82, 2.24) is 19.7 Å². The Kier molecular flexibility index (Phi) is 3.40. The molecule has 0 saturated carbocycles. The van der Waals surface area contributed by atoms with Crippen LogP contribution in [-0.2, 0) is 20.0 Å². The van der Waals surface area contributed by atoms with Crippen molar-refractivity contribution in [3.8, 4) is 0 Å². The van der Waals surface area contributed by atoms with Crippen molar-refractivity contribution in [2.24, 2.45) is 7.05 Å². The Hall–Kier alpha value is -2.18. The van der Waals surface area contributed by atoms with Crippen molar-refractivity contribution in [2.45, 2.75) is 19.9 Å². The highest BCUT2D eigenvalue weighted by atomic mass is 19.1. The van der Waals surface area contributed by atoms with Crippen LogP contribution < -0.4 is 11.1 Å². The second-order valence-electron chi connectivity index (χ2n) is 3.87. The number of nitrogens with zero attached hydrogens (tertiary/aromatic N) is 4. The lowest BCUT2D eigenvalue weighted by molar-refractivity contribution is 0.596. The molecule has 18 heavy (non-hydrogen) atoms. The number of nitrogens with one attached hydrogen (secondary N) is 1. The lowest BCUT2D eigenvalue weighted by atomic mass is 10.3. The average Bonchev–Trinajstić information content (AvgIpc) is 2.69. The Morgan fingerprint density at radius 2 is 2.22 bits per heavy atom. The van der Waals surface area contributed by atoms with E-state index < -0.39 is 5.82 Å². The number of nitrogen functional groups attached to an aromatic ring is 1. The van der Waals surface area contributed by atoms with Gasteiger partial charge in [0.1, 0.15) is 12.1 Å². The molecule has 7 heteroatoms. The Bertz CT molecular complexity index is 550. The standard InChI is InChI=1S/C11H15FN6/c1-3-8-9(12)11(16-6-15-8)14-4-7-5-17-18(2)10(7)13/h5-6H,3-4,13H2,1-2H3,(H,14,15,16). The SMILES string of the molecule is CCc1ncnc(NCc2cnn(C)c2N)c1F. The van der Waals surface area contributed by atoms with E-state index in [1.807, 2.05) is 6.92 Å². The van der Waals surface area contributed by atoms with Crippen LogP contribution in [-0.4, -0.2) is 19.7 Å². The Balaban J connectivity index is 2.13. The van der Waals surface area contributed by atoms with Gasteiger partial charge in [0.25, 0.3) is 0 Å². The number of nitrogens with two attached hydrogens (primary N) is 1. The first-order valence-corrected chi connectivity index (χ1v) is 5.63. The van der Waals surface area contributed by atoms with E-state index in [4.69, 9.17) is 5.73 Å². The molecule has 6 nitrogen and oxygen atoms in total. The van der Waals surface area contributed by atoms with E-state index in [0.717, 1.165) is 5.56 Å². The smallest absolute Gasteiger partial charge is 0.186 e. The minimum absolute atomic E-state index is 0.185. The number of hydrogen-bond acceptors (Lipinski definition) is 5. The number of anilines is 2. The molecule has 0 amide bonds. The molecule has 2 heterocycles. The van der Waals surface area contributed by atoms with Crippen LogP contribution in [0.5, 0.6) is 0 Å². The minimum atomic E-state index is -0.414. The van der Waals surface area contributed by atoms with Gasteiger partial charge < -0.3 is 11.1 Å². The first-order chi connectivity index (χ1) is 8.63. The summed E-state index contributed by atoms with van der Waals surface area (Å²) in [6.45, 7) is 2.21. The number of hydrogen-bond donors (Lipinski definition) is 2. The van der Waals surface area contributed by atoms with E-state index in [9.17, 15) is 4.39 Å². The summed E-state index contributed by atoms with van der Waals surface area (Å²) in [5.74, 6) is 0.320. The third-order valence-corrected chi connectivity index (χ3v) is 2.71. The van der Waals surface area contributed by atoms with E-state index in [1.165, 1.54) is 6.33 Å². The zero-order valence-corrected chi connectivity index (χ0v) is 10.3. The molecule has 0 atom stereocenters. The van der Waals surface area contributed by atoms with E-state index in [-0.39, 0.29) is 5.82 Å². The maximum atomic E-state index is 13.8. The summed E-state index contributed by atoms with van der Waals surface area (Å²) in [4.78, 5) is 7.74. The quantitative estimate of drug-likeness (QED) is 0.849. The van der Waals surface area contributed by atoms with Crippen LogP contribution in [0.15, 0.2) is 12.5 Å². The number of rotatable bonds is 4. The van der Waals surface area contributed by atoms with Crippen LogP contribution >= 0.6 is 0 Å². The molecule has 0 saturated heterocycles. The van der Waals surface area contributed by atoms with Gasteiger partial charge in [0.15, 0.2) is 11.6 Å². The Morgan fingerprint density at radius 3 is 2.83 bits per heavy atom. The molecule has 3 N–H and O–H groups in total. The predicted octanol–water partition coefficient (Wildman–Crippen LogP) is 1.11. The zero-order valence-electron chi connectivity index (χ0n) is 10.3. The van der Waals surface area contributed by atoms with Gasteiger partial charge >= 0.3 is 0 Å². The molecule has 0 aliphatic heterocycles. The van der Waals surface area contributed by atoms with Crippen molar-refractivity contribution in [1.29, 1.82) is 0 Å². The summed E-state index contributed by atoms with van der Waals surface area (Å²) in [5.41, 5.74) is 6.99. The fraction of sp³-hybridized carbons (Fsp3) is 0.364. The highest BCUT2D eigenvalue weighted by Gasteiger charge is 2.10. The van der Waals surface area contributed by atoms with E-state index >= 15 is 0 Å². The first kappa shape index (κ1) is 12.3. The summed E-state index contributed by atoms with van der Waals surface area (Å²) in [6.07, 6.45) is 3.51. The molecule has 0 aliphatic rings. The lowest BCUT2D eigenvalue weighted by Gasteiger charge is -2.07. The molecule has 96 valence electrons. The fourth-order valence-electron chi connectivity index (χ4n) is 1.58. The molecule has 2 aromatic heterocycles. The fourth-order valence-corrected chi connectivity index (χ4v) is 1.58. The van der Waals surface area contributed by atoms with Crippen molar-refractivity contribution < 1.29 is 4.39 Å². The molecular weight excluding hydrogens is 235 g/mol. The zero-order chi connectivity index (χ0) is 13.1. The summed E-state index contributed by atoms with van der Waals surface area (Å²) in [6, 6.07) is 0. The monoisotopic (exact) mass is 250 g/mol. The molecule has 0 aromatic carbocycles. The van der Waals surface area contributed by atoms with Crippen LogP contribution in [0.1, 0.15) is 18.2 Å². The summed E-state index contributed by atoms with van der Waals surface area (Å²) >= 11 is 0. The third kappa shape index (κ3) is 2.24. The van der Waals surface area contributed by atoms with Crippen molar-refractivity contribution in [3.63, 3.8) is 0 Å². The number of halogens is 1. The van der Waals surface area contributed by atoms with Gasteiger partial charge in [0.2, 0.25) is 0 Å². The van der Waals surface area contributed by atoms with Gasteiger partial charge in [-0.15, -0.1) is 0 Å². The Labute approximate surface area is 104 Å². The van der Waals surface area contributed by atoms with Crippen molar-refractivity contribution in [2.75, 3.05) is 11.1 Å². The van der Waals surface area contributed by atoms with Crippen LogP contribution in [0.25, 0.3) is 0 Å². The average molecular weight is 250 g/mol. The van der Waals surface area contributed by atoms with Gasteiger partial charge in [-0.2, -0.15) is 5.10 Å². The van der Waals surface area contributed by atoms with Gasteiger partial charge in [-0.1, -0.05) is 6.92 Å². The second-order valence-corrected chi connectivity index (χ2v) is 3.87. The van der Waals surface area contributed by atoms with Gasteiger partial charge in [-0.3, -0.25) is 4.68 Å². The molecule has 2 rings (SSSR count). The summed E-state index contributed by atoms with van der Waals surface area (Å²) in [5, 5.41) is 6.91. The predicted molar refractivity (Wildman–Crippen MR) is 66.3 cm³/mol. The summed E-state index contributed by atoms with van der Waals surface area (Å²) < 4.78 is 15.4.